The minimum absolute atomic E-state index is 0.0497. The Morgan fingerprint density at radius 3 is 2.41 bits per heavy atom. The number of ether oxygens (including phenoxy) is 2. The van der Waals surface area contributed by atoms with Gasteiger partial charge in [0.25, 0.3) is 5.91 Å². The number of H-pyrrole nitrogens is 1. The van der Waals surface area contributed by atoms with E-state index in [0.717, 1.165) is 12.8 Å². The summed E-state index contributed by atoms with van der Waals surface area (Å²) >= 11 is 0. The molecule has 2 aromatic rings. The van der Waals surface area contributed by atoms with E-state index in [-0.39, 0.29) is 30.9 Å². The number of rotatable bonds is 9. The SMILES string of the molecule is CCOC(=O)c1c(C)[nH]c(C(=O)OCC(=O)N[C@@H](C)CCc2ccccc2)c1C. The molecule has 1 aromatic carbocycles. The summed E-state index contributed by atoms with van der Waals surface area (Å²) < 4.78 is 10.1. The number of aromatic amines is 1. The Labute approximate surface area is 170 Å². The number of carbonyl (C=O) groups excluding carboxylic acids is 3. The molecule has 0 aliphatic heterocycles. The van der Waals surface area contributed by atoms with Gasteiger partial charge in [0.15, 0.2) is 6.61 Å². The van der Waals surface area contributed by atoms with E-state index in [1.54, 1.807) is 20.8 Å². The summed E-state index contributed by atoms with van der Waals surface area (Å²) in [5.74, 6) is -1.55. The number of hydrogen-bond acceptors (Lipinski definition) is 5. The molecule has 2 rings (SSSR count). The lowest BCUT2D eigenvalue weighted by Gasteiger charge is -2.14. The lowest BCUT2D eigenvalue weighted by Crippen LogP contribution is -2.36. The van der Waals surface area contributed by atoms with Crippen LogP contribution in [0.15, 0.2) is 30.3 Å². The van der Waals surface area contributed by atoms with Crippen LogP contribution in [0, 0.1) is 13.8 Å². The lowest BCUT2D eigenvalue weighted by molar-refractivity contribution is -0.124. The highest BCUT2D eigenvalue weighted by molar-refractivity contribution is 5.99. The number of benzene rings is 1. The summed E-state index contributed by atoms with van der Waals surface area (Å²) in [4.78, 5) is 39.3. The maximum absolute atomic E-state index is 12.3. The van der Waals surface area contributed by atoms with Gasteiger partial charge in [-0.3, -0.25) is 4.79 Å². The van der Waals surface area contributed by atoms with Gasteiger partial charge in [-0.05, 0) is 51.7 Å². The van der Waals surface area contributed by atoms with Crippen molar-refractivity contribution < 1.29 is 23.9 Å². The van der Waals surface area contributed by atoms with Crippen molar-refractivity contribution in [3.05, 3.63) is 58.4 Å². The molecule has 0 saturated carbocycles. The maximum Gasteiger partial charge on any atom is 0.355 e. The fourth-order valence-corrected chi connectivity index (χ4v) is 3.08. The molecule has 1 amide bonds. The van der Waals surface area contributed by atoms with Gasteiger partial charge in [-0.15, -0.1) is 0 Å². The van der Waals surface area contributed by atoms with Crippen LogP contribution in [0.4, 0.5) is 0 Å². The molecule has 0 fully saturated rings. The van der Waals surface area contributed by atoms with Gasteiger partial charge in [-0.2, -0.15) is 0 Å². The molecular formula is C22H28N2O5. The van der Waals surface area contributed by atoms with Crippen LogP contribution in [0.5, 0.6) is 0 Å². The van der Waals surface area contributed by atoms with Crippen molar-refractivity contribution in [2.45, 2.75) is 46.6 Å². The van der Waals surface area contributed by atoms with Gasteiger partial charge in [0.1, 0.15) is 5.69 Å². The Kier molecular flexibility index (Phi) is 8.00. The van der Waals surface area contributed by atoms with Crippen LogP contribution >= 0.6 is 0 Å². The van der Waals surface area contributed by atoms with E-state index in [1.807, 2.05) is 37.3 Å². The van der Waals surface area contributed by atoms with Gasteiger partial charge < -0.3 is 19.8 Å². The van der Waals surface area contributed by atoms with Crippen molar-refractivity contribution in [2.75, 3.05) is 13.2 Å². The zero-order chi connectivity index (χ0) is 21.4. The van der Waals surface area contributed by atoms with Crippen molar-refractivity contribution in [1.82, 2.24) is 10.3 Å². The van der Waals surface area contributed by atoms with Crippen LogP contribution in [-0.4, -0.2) is 42.1 Å². The zero-order valence-corrected chi connectivity index (χ0v) is 17.3. The standard InChI is InChI=1S/C22H28N2O5/c1-5-28-21(26)19-15(3)20(24-16(19)4)22(27)29-13-18(25)23-14(2)11-12-17-9-7-6-8-10-17/h6-10,14,24H,5,11-13H2,1-4H3,(H,23,25)/t14-/m0/s1. The second-order valence-corrected chi connectivity index (χ2v) is 6.91. The molecule has 1 aromatic heterocycles. The van der Waals surface area contributed by atoms with Crippen LogP contribution in [0.2, 0.25) is 0 Å². The Morgan fingerprint density at radius 1 is 1.07 bits per heavy atom. The first-order valence-electron chi connectivity index (χ1n) is 9.70. The minimum Gasteiger partial charge on any atom is -0.462 e. The number of nitrogens with one attached hydrogen (secondary N) is 2. The summed E-state index contributed by atoms with van der Waals surface area (Å²) in [5.41, 5.74) is 2.64. The maximum atomic E-state index is 12.3. The van der Waals surface area contributed by atoms with Gasteiger partial charge in [0, 0.05) is 11.7 Å². The molecular weight excluding hydrogens is 372 g/mol. The third-order valence-electron chi connectivity index (χ3n) is 4.57. The number of aromatic nitrogens is 1. The molecule has 0 aliphatic rings. The van der Waals surface area contributed by atoms with Gasteiger partial charge in [-0.1, -0.05) is 30.3 Å². The summed E-state index contributed by atoms with van der Waals surface area (Å²) in [6, 6.07) is 9.96. The average molecular weight is 400 g/mol. The van der Waals surface area contributed by atoms with Crippen LogP contribution in [0.3, 0.4) is 0 Å². The summed E-state index contributed by atoms with van der Waals surface area (Å²) in [5, 5.41) is 2.82. The molecule has 0 radical (unpaired) electrons. The highest BCUT2D eigenvalue weighted by Crippen LogP contribution is 2.19. The van der Waals surface area contributed by atoms with E-state index in [1.165, 1.54) is 5.56 Å². The van der Waals surface area contributed by atoms with E-state index in [2.05, 4.69) is 10.3 Å². The fraction of sp³-hybridized carbons (Fsp3) is 0.409. The Hall–Kier alpha value is -3.09. The number of amides is 1. The highest BCUT2D eigenvalue weighted by atomic mass is 16.5. The van der Waals surface area contributed by atoms with Gasteiger partial charge in [0.2, 0.25) is 0 Å². The van der Waals surface area contributed by atoms with Crippen molar-refractivity contribution >= 4 is 17.8 Å². The Morgan fingerprint density at radius 2 is 1.76 bits per heavy atom. The van der Waals surface area contributed by atoms with E-state index in [9.17, 15) is 14.4 Å². The highest BCUT2D eigenvalue weighted by Gasteiger charge is 2.24. The molecule has 0 unspecified atom stereocenters. The normalized spacial score (nSPS) is 11.6. The first-order chi connectivity index (χ1) is 13.8. The van der Waals surface area contributed by atoms with Gasteiger partial charge in [0.05, 0.1) is 12.2 Å². The molecule has 7 nitrogen and oxygen atoms in total. The largest absolute Gasteiger partial charge is 0.462 e. The molecule has 0 aliphatic carbocycles. The Balaban J connectivity index is 1.84. The zero-order valence-electron chi connectivity index (χ0n) is 17.3. The smallest absolute Gasteiger partial charge is 0.355 e. The number of carbonyl (C=O) groups is 3. The van der Waals surface area contributed by atoms with Gasteiger partial charge >= 0.3 is 11.9 Å². The third-order valence-corrected chi connectivity index (χ3v) is 4.57. The number of hydrogen-bond donors (Lipinski definition) is 2. The Bertz CT molecular complexity index is 858. The topological polar surface area (TPSA) is 97.5 Å². The summed E-state index contributed by atoms with van der Waals surface area (Å²) in [6.07, 6.45) is 1.63. The van der Waals surface area contributed by atoms with Crippen molar-refractivity contribution in [2.24, 2.45) is 0 Å². The monoisotopic (exact) mass is 400 g/mol. The predicted octanol–water partition coefficient (Wildman–Crippen LogP) is 3.10. The first kappa shape index (κ1) is 22.2. The van der Waals surface area contributed by atoms with Crippen molar-refractivity contribution in [3.63, 3.8) is 0 Å². The third kappa shape index (κ3) is 6.20. The first-order valence-corrected chi connectivity index (χ1v) is 9.70. The van der Waals surface area contributed by atoms with Gasteiger partial charge in [-0.25, -0.2) is 9.59 Å². The van der Waals surface area contributed by atoms with E-state index in [4.69, 9.17) is 9.47 Å². The summed E-state index contributed by atoms with van der Waals surface area (Å²) in [6.45, 7) is 6.79. The van der Waals surface area contributed by atoms with Crippen LogP contribution < -0.4 is 5.32 Å². The van der Waals surface area contributed by atoms with Crippen molar-refractivity contribution in [1.29, 1.82) is 0 Å². The fourth-order valence-electron chi connectivity index (χ4n) is 3.08. The molecule has 0 saturated heterocycles. The molecule has 29 heavy (non-hydrogen) atoms. The molecule has 0 bridgehead atoms. The molecule has 156 valence electrons. The van der Waals surface area contributed by atoms with Crippen LogP contribution in [0.25, 0.3) is 0 Å². The number of aryl methyl sites for hydroxylation is 2. The quantitative estimate of drug-likeness (QED) is 0.631. The molecule has 1 heterocycles. The van der Waals surface area contributed by atoms with E-state index >= 15 is 0 Å². The molecule has 2 N–H and O–H groups in total. The van der Waals surface area contributed by atoms with Crippen molar-refractivity contribution in [3.8, 4) is 0 Å². The molecule has 1 atom stereocenters. The lowest BCUT2D eigenvalue weighted by atomic mass is 10.1. The predicted molar refractivity (Wildman–Crippen MR) is 109 cm³/mol. The van der Waals surface area contributed by atoms with E-state index in [0.29, 0.717) is 16.8 Å². The van der Waals surface area contributed by atoms with Crippen LogP contribution in [0.1, 0.15) is 57.9 Å². The van der Waals surface area contributed by atoms with Crippen LogP contribution in [-0.2, 0) is 20.7 Å². The second-order valence-electron chi connectivity index (χ2n) is 6.91. The second kappa shape index (κ2) is 10.5. The summed E-state index contributed by atoms with van der Waals surface area (Å²) in [7, 11) is 0. The minimum atomic E-state index is -0.687. The molecule has 7 heteroatoms. The number of esters is 2. The van der Waals surface area contributed by atoms with E-state index < -0.39 is 11.9 Å². The average Bonchev–Trinajstić information content (AvgIpc) is 2.99. The molecule has 0 spiro atoms.